The molecule has 0 aromatic heterocycles. The van der Waals surface area contributed by atoms with E-state index in [4.69, 9.17) is 40.5 Å². The summed E-state index contributed by atoms with van der Waals surface area (Å²) in [4.78, 5) is 0. The molecule has 3 N–H and O–H groups in total. The largest absolute Gasteiger partial charge is 0.377 e. The molecule has 2 aromatic rings. The molecule has 19 heavy (non-hydrogen) atoms. The van der Waals surface area contributed by atoms with Crippen molar-refractivity contribution in [2.24, 2.45) is 5.73 Å². The summed E-state index contributed by atoms with van der Waals surface area (Å²) in [6, 6.07) is 12.8. The third-order valence-electron chi connectivity index (χ3n) is 2.76. The fourth-order valence-electron chi connectivity index (χ4n) is 1.80. The first-order chi connectivity index (χ1) is 9.10. The summed E-state index contributed by atoms with van der Waals surface area (Å²) in [5.41, 5.74) is 7.67. The maximum Gasteiger partial charge on any atom is 0.0650 e. The van der Waals surface area contributed by atoms with Gasteiger partial charge in [0.05, 0.1) is 6.04 Å². The van der Waals surface area contributed by atoms with Gasteiger partial charge in [-0.3, -0.25) is 0 Å². The smallest absolute Gasteiger partial charge is 0.0650 e. The number of anilines is 1. The minimum Gasteiger partial charge on any atom is -0.377 e. The number of hydrogen-bond acceptors (Lipinski definition) is 2. The van der Waals surface area contributed by atoms with Gasteiger partial charge in [0.1, 0.15) is 0 Å². The van der Waals surface area contributed by atoms with E-state index < -0.39 is 0 Å². The van der Waals surface area contributed by atoms with E-state index in [0.717, 1.165) is 11.3 Å². The average Bonchev–Trinajstić information content (AvgIpc) is 2.39. The Labute approximate surface area is 127 Å². The van der Waals surface area contributed by atoms with Gasteiger partial charge in [-0.25, -0.2) is 0 Å². The summed E-state index contributed by atoms with van der Waals surface area (Å²) >= 11 is 17.9. The zero-order chi connectivity index (χ0) is 13.8. The second kappa shape index (κ2) is 6.49. The van der Waals surface area contributed by atoms with Crippen molar-refractivity contribution >= 4 is 40.5 Å². The standard InChI is InChI=1S/C14H13Cl3N2/c15-9-1-4-11(5-2-9)19-14(8-18)12-6-3-10(16)7-13(12)17/h1-7,14,19H,8,18H2. The highest BCUT2D eigenvalue weighted by Crippen LogP contribution is 2.28. The van der Waals surface area contributed by atoms with E-state index in [2.05, 4.69) is 5.32 Å². The first-order valence-electron chi connectivity index (χ1n) is 5.77. The van der Waals surface area contributed by atoms with Crippen LogP contribution in [0.4, 0.5) is 5.69 Å². The summed E-state index contributed by atoms with van der Waals surface area (Å²) in [6.07, 6.45) is 0. The molecule has 1 unspecified atom stereocenters. The van der Waals surface area contributed by atoms with Crippen molar-refractivity contribution < 1.29 is 0 Å². The van der Waals surface area contributed by atoms with Gasteiger partial charge in [-0.05, 0) is 42.0 Å². The predicted molar refractivity (Wildman–Crippen MR) is 83.3 cm³/mol. The van der Waals surface area contributed by atoms with Crippen LogP contribution in [0, 0.1) is 0 Å². The fourth-order valence-corrected chi connectivity index (χ4v) is 2.46. The molecular weight excluding hydrogens is 303 g/mol. The molecule has 0 spiro atoms. The zero-order valence-electron chi connectivity index (χ0n) is 10.0. The highest BCUT2D eigenvalue weighted by atomic mass is 35.5. The molecule has 1 atom stereocenters. The van der Waals surface area contributed by atoms with Gasteiger partial charge in [-0.15, -0.1) is 0 Å². The van der Waals surface area contributed by atoms with E-state index in [0.29, 0.717) is 21.6 Å². The van der Waals surface area contributed by atoms with Crippen molar-refractivity contribution in [3.63, 3.8) is 0 Å². The normalized spacial score (nSPS) is 12.2. The molecule has 2 aromatic carbocycles. The topological polar surface area (TPSA) is 38.0 Å². The molecule has 2 rings (SSSR count). The molecule has 0 heterocycles. The predicted octanol–water partition coefficient (Wildman–Crippen LogP) is 4.76. The van der Waals surface area contributed by atoms with Crippen LogP contribution in [-0.4, -0.2) is 6.54 Å². The third kappa shape index (κ3) is 3.77. The van der Waals surface area contributed by atoms with Gasteiger partial charge in [0.25, 0.3) is 0 Å². The minimum atomic E-state index is -0.0778. The molecule has 0 saturated carbocycles. The monoisotopic (exact) mass is 314 g/mol. The summed E-state index contributed by atoms with van der Waals surface area (Å²) in [7, 11) is 0. The number of halogens is 3. The Balaban J connectivity index is 2.22. The summed E-state index contributed by atoms with van der Waals surface area (Å²) in [6.45, 7) is 0.421. The Bertz CT molecular complexity index is 555. The molecule has 0 bridgehead atoms. The minimum absolute atomic E-state index is 0.0778. The van der Waals surface area contributed by atoms with Crippen LogP contribution in [-0.2, 0) is 0 Å². The van der Waals surface area contributed by atoms with E-state index in [9.17, 15) is 0 Å². The van der Waals surface area contributed by atoms with E-state index >= 15 is 0 Å². The van der Waals surface area contributed by atoms with Crippen LogP contribution >= 0.6 is 34.8 Å². The molecule has 100 valence electrons. The van der Waals surface area contributed by atoms with Crippen molar-refractivity contribution in [3.05, 3.63) is 63.1 Å². The average molecular weight is 316 g/mol. The maximum atomic E-state index is 6.19. The van der Waals surface area contributed by atoms with Gasteiger partial charge in [0, 0.05) is 27.3 Å². The van der Waals surface area contributed by atoms with Crippen LogP contribution in [0.2, 0.25) is 15.1 Å². The highest BCUT2D eigenvalue weighted by Gasteiger charge is 2.13. The lowest BCUT2D eigenvalue weighted by atomic mass is 10.1. The number of nitrogens with one attached hydrogen (secondary N) is 1. The lowest BCUT2D eigenvalue weighted by molar-refractivity contribution is 0.790. The Hall–Kier alpha value is -0.930. The zero-order valence-corrected chi connectivity index (χ0v) is 12.3. The van der Waals surface area contributed by atoms with Crippen molar-refractivity contribution in [1.29, 1.82) is 0 Å². The molecule has 0 aliphatic rings. The fraction of sp³-hybridized carbons (Fsp3) is 0.143. The molecule has 0 amide bonds. The maximum absolute atomic E-state index is 6.19. The number of nitrogens with two attached hydrogens (primary N) is 1. The quantitative estimate of drug-likeness (QED) is 0.853. The second-order valence-corrected chi connectivity index (χ2v) is 5.39. The molecular formula is C14H13Cl3N2. The van der Waals surface area contributed by atoms with Gasteiger partial charge >= 0.3 is 0 Å². The van der Waals surface area contributed by atoms with Crippen molar-refractivity contribution in [2.75, 3.05) is 11.9 Å². The molecule has 0 aliphatic heterocycles. The van der Waals surface area contributed by atoms with Crippen LogP contribution in [0.1, 0.15) is 11.6 Å². The Morgan fingerprint density at radius 3 is 2.16 bits per heavy atom. The summed E-state index contributed by atoms with van der Waals surface area (Å²) < 4.78 is 0. The Morgan fingerprint density at radius 2 is 1.58 bits per heavy atom. The Morgan fingerprint density at radius 1 is 0.947 bits per heavy atom. The van der Waals surface area contributed by atoms with Crippen molar-refractivity contribution in [2.45, 2.75) is 6.04 Å². The Kier molecular flexibility index (Phi) is 4.94. The van der Waals surface area contributed by atoms with Gasteiger partial charge in [-0.1, -0.05) is 40.9 Å². The third-order valence-corrected chi connectivity index (χ3v) is 3.57. The molecule has 0 radical (unpaired) electrons. The first kappa shape index (κ1) is 14.5. The van der Waals surface area contributed by atoms with Crippen LogP contribution in [0.5, 0.6) is 0 Å². The van der Waals surface area contributed by atoms with E-state index in [1.54, 1.807) is 12.1 Å². The lowest BCUT2D eigenvalue weighted by Crippen LogP contribution is -2.20. The summed E-state index contributed by atoms with van der Waals surface area (Å²) in [5.74, 6) is 0. The van der Waals surface area contributed by atoms with Gasteiger partial charge in [-0.2, -0.15) is 0 Å². The SMILES string of the molecule is NCC(Nc1ccc(Cl)cc1)c1ccc(Cl)cc1Cl. The van der Waals surface area contributed by atoms with Crippen molar-refractivity contribution in [3.8, 4) is 0 Å². The highest BCUT2D eigenvalue weighted by molar-refractivity contribution is 6.35. The van der Waals surface area contributed by atoms with Crippen LogP contribution in [0.15, 0.2) is 42.5 Å². The number of benzene rings is 2. The van der Waals surface area contributed by atoms with Crippen LogP contribution < -0.4 is 11.1 Å². The van der Waals surface area contributed by atoms with Crippen molar-refractivity contribution in [1.82, 2.24) is 0 Å². The van der Waals surface area contributed by atoms with Gasteiger partial charge < -0.3 is 11.1 Å². The van der Waals surface area contributed by atoms with E-state index in [-0.39, 0.29) is 6.04 Å². The summed E-state index contributed by atoms with van der Waals surface area (Å²) in [5, 5.41) is 5.22. The van der Waals surface area contributed by atoms with Gasteiger partial charge in [0.2, 0.25) is 0 Å². The second-order valence-electron chi connectivity index (χ2n) is 4.11. The first-order valence-corrected chi connectivity index (χ1v) is 6.90. The molecule has 0 fully saturated rings. The van der Waals surface area contributed by atoms with E-state index in [1.807, 2.05) is 30.3 Å². The lowest BCUT2D eigenvalue weighted by Gasteiger charge is -2.20. The van der Waals surface area contributed by atoms with Gasteiger partial charge in [0.15, 0.2) is 0 Å². The van der Waals surface area contributed by atoms with E-state index in [1.165, 1.54) is 0 Å². The molecule has 0 saturated heterocycles. The van der Waals surface area contributed by atoms with Crippen LogP contribution in [0.3, 0.4) is 0 Å². The van der Waals surface area contributed by atoms with Crippen LogP contribution in [0.25, 0.3) is 0 Å². The molecule has 5 heteroatoms. The molecule has 2 nitrogen and oxygen atoms in total. The number of hydrogen-bond donors (Lipinski definition) is 2. The molecule has 0 aliphatic carbocycles. The number of rotatable bonds is 4.